The molecule has 0 radical (unpaired) electrons. The standard InChI is InChI=1S/C26H24N4O2S2/c1-3-31-20-13-11-19(12-14-20)23-22(25-28-24(29-32-25)21-10-7-15-34-21)17(2)30(26(33)27-23)16-18-8-5-4-6-9-18/h4-15,23H,3,16H2,1-2H3,(H,27,33). The molecule has 8 heteroatoms. The maximum atomic E-state index is 5.81. The summed E-state index contributed by atoms with van der Waals surface area (Å²) in [6.07, 6.45) is 0. The topological polar surface area (TPSA) is 63.4 Å². The number of hydrogen-bond acceptors (Lipinski definition) is 6. The van der Waals surface area contributed by atoms with E-state index in [4.69, 9.17) is 26.5 Å². The monoisotopic (exact) mass is 488 g/mol. The van der Waals surface area contributed by atoms with Gasteiger partial charge >= 0.3 is 0 Å². The summed E-state index contributed by atoms with van der Waals surface area (Å²) in [6.45, 7) is 5.30. The van der Waals surface area contributed by atoms with Crippen LogP contribution in [0.1, 0.15) is 36.9 Å². The number of nitrogens with zero attached hydrogens (tertiary/aromatic N) is 3. The Labute approximate surface area is 207 Å². The first-order valence-electron chi connectivity index (χ1n) is 11.1. The number of thiocarbonyl (C=S) groups is 1. The molecule has 0 saturated heterocycles. The number of thiophene rings is 1. The summed E-state index contributed by atoms with van der Waals surface area (Å²) in [7, 11) is 0. The van der Waals surface area contributed by atoms with Crippen molar-refractivity contribution in [2.24, 2.45) is 0 Å². The van der Waals surface area contributed by atoms with E-state index < -0.39 is 0 Å². The van der Waals surface area contributed by atoms with Gasteiger partial charge in [0.2, 0.25) is 5.82 Å². The Morgan fingerprint density at radius 3 is 2.59 bits per heavy atom. The molecule has 1 aliphatic heterocycles. The quantitative estimate of drug-likeness (QED) is 0.317. The van der Waals surface area contributed by atoms with Crippen molar-refractivity contribution >= 4 is 34.2 Å². The molecule has 0 saturated carbocycles. The third-order valence-electron chi connectivity index (χ3n) is 5.70. The third kappa shape index (κ3) is 4.47. The molecule has 0 amide bonds. The number of nitrogens with one attached hydrogen (secondary N) is 1. The maximum Gasteiger partial charge on any atom is 0.258 e. The highest BCUT2D eigenvalue weighted by atomic mass is 32.1. The molecule has 1 atom stereocenters. The Kier molecular flexibility index (Phi) is 6.42. The Morgan fingerprint density at radius 2 is 1.88 bits per heavy atom. The minimum atomic E-state index is -0.230. The van der Waals surface area contributed by atoms with Gasteiger partial charge in [-0.05, 0) is 60.8 Å². The summed E-state index contributed by atoms with van der Waals surface area (Å²) in [5, 5.41) is 10.4. The smallest absolute Gasteiger partial charge is 0.258 e. The lowest BCUT2D eigenvalue weighted by atomic mass is 9.94. The molecule has 4 aromatic rings. The van der Waals surface area contributed by atoms with E-state index in [9.17, 15) is 0 Å². The highest BCUT2D eigenvalue weighted by Crippen LogP contribution is 2.38. The molecule has 0 aliphatic carbocycles. The van der Waals surface area contributed by atoms with Gasteiger partial charge < -0.3 is 19.5 Å². The Hall–Kier alpha value is -3.49. The summed E-state index contributed by atoms with van der Waals surface area (Å²) in [4.78, 5) is 7.80. The van der Waals surface area contributed by atoms with E-state index in [0.717, 1.165) is 33.0 Å². The molecule has 34 heavy (non-hydrogen) atoms. The molecule has 1 unspecified atom stereocenters. The van der Waals surface area contributed by atoms with Gasteiger partial charge in [0.25, 0.3) is 5.89 Å². The number of ether oxygens (including phenoxy) is 1. The van der Waals surface area contributed by atoms with Crippen LogP contribution in [-0.2, 0) is 6.54 Å². The van der Waals surface area contributed by atoms with Crippen molar-refractivity contribution in [1.82, 2.24) is 20.4 Å². The number of hydrogen-bond donors (Lipinski definition) is 1. The van der Waals surface area contributed by atoms with Gasteiger partial charge in [-0.25, -0.2) is 0 Å². The summed E-state index contributed by atoms with van der Waals surface area (Å²) >= 11 is 7.39. The van der Waals surface area contributed by atoms with E-state index in [1.54, 1.807) is 11.3 Å². The normalized spacial score (nSPS) is 16.0. The van der Waals surface area contributed by atoms with Gasteiger partial charge in [0, 0.05) is 12.2 Å². The van der Waals surface area contributed by atoms with Crippen LogP contribution in [0.2, 0.25) is 0 Å². The van der Waals surface area contributed by atoms with Crippen LogP contribution in [0.3, 0.4) is 0 Å². The van der Waals surface area contributed by atoms with Crippen LogP contribution in [-0.4, -0.2) is 26.8 Å². The van der Waals surface area contributed by atoms with E-state index in [1.165, 1.54) is 0 Å². The Bertz CT molecular complexity index is 1300. The second-order valence-electron chi connectivity index (χ2n) is 7.86. The van der Waals surface area contributed by atoms with Crippen molar-refractivity contribution in [2.45, 2.75) is 26.4 Å². The van der Waals surface area contributed by atoms with Crippen LogP contribution in [0.5, 0.6) is 5.75 Å². The zero-order valence-corrected chi connectivity index (χ0v) is 20.5. The maximum absolute atomic E-state index is 5.81. The first-order valence-corrected chi connectivity index (χ1v) is 12.4. The number of allylic oxidation sites excluding steroid dienone is 1. The molecular weight excluding hydrogens is 464 g/mol. The van der Waals surface area contributed by atoms with Crippen LogP contribution in [0.25, 0.3) is 16.3 Å². The molecule has 6 nitrogen and oxygen atoms in total. The fourth-order valence-electron chi connectivity index (χ4n) is 4.03. The minimum Gasteiger partial charge on any atom is -0.494 e. The summed E-state index contributed by atoms with van der Waals surface area (Å²) in [5.74, 6) is 1.89. The molecule has 1 N–H and O–H groups in total. The zero-order chi connectivity index (χ0) is 23.5. The minimum absolute atomic E-state index is 0.230. The lowest BCUT2D eigenvalue weighted by Crippen LogP contribution is -2.45. The largest absolute Gasteiger partial charge is 0.494 e. The van der Waals surface area contributed by atoms with Gasteiger partial charge in [0.1, 0.15) is 5.75 Å². The lowest BCUT2D eigenvalue weighted by Gasteiger charge is -2.37. The second kappa shape index (κ2) is 9.79. The van der Waals surface area contributed by atoms with Gasteiger partial charge in [-0.1, -0.05) is 53.7 Å². The summed E-state index contributed by atoms with van der Waals surface area (Å²) in [6, 6.07) is 22.0. The van der Waals surface area contributed by atoms with Gasteiger partial charge in [0.15, 0.2) is 5.11 Å². The van der Waals surface area contributed by atoms with Gasteiger partial charge in [-0.15, -0.1) is 11.3 Å². The highest BCUT2D eigenvalue weighted by molar-refractivity contribution is 7.80. The van der Waals surface area contributed by atoms with E-state index in [-0.39, 0.29) is 6.04 Å². The van der Waals surface area contributed by atoms with E-state index >= 15 is 0 Å². The van der Waals surface area contributed by atoms with Crippen LogP contribution in [0.4, 0.5) is 0 Å². The summed E-state index contributed by atoms with van der Waals surface area (Å²) < 4.78 is 11.4. The second-order valence-corrected chi connectivity index (χ2v) is 9.19. The molecule has 172 valence electrons. The molecule has 0 bridgehead atoms. The van der Waals surface area contributed by atoms with Crippen molar-refractivity contribution in [2.75, 3.05) is 6.61 Å². The van der Waals surface area contributed by atoms with E-state index in [2.05, 4.69) is 34.4 Å². The predicted molar refractivity (Wildman–Crippen MR) is 138 cm³/mol. The van der Waals surface area contributed by atoms with E-state index in [1.807, 2.05) is 66.9 Å². The van der Waals surface area contributed by atoms with E-state index in [0.29, 0.717) is 30.0 Å². The molecule has 2 aromatic carbocycles. The van der Waals surface area contributed by atoms with Crippen LogP contribution in [0, 0.1) is 0 Å². The molecule has 5 rings (SSSR count). The lowest BCUT2D eigenvalue weighted by molar-refractivity contribution is 0.340. The summed E-state index contributed by atoms with van der Waals surface area (Å²) in [5.41, 5.74) is 4.09. The molecule has 3 heterocycles. The Morgan fingerprint density at radius 1 is 1.09 bits per heavy atom. The van der Waals surface area contributed by atoms with Crippen LogP contribution >= 0.6 is 23.6 Å². The van der Waals surface area contributed by atoms with Gasteiger partial charge in [-0.3, -0.25) is 0 Å². The van der Waals surface area contributed by atoms with Gasteiger partial charge in [-0.2, -0.15) is 4.98 Å². The van der Waals surface area contributed by atoms with Crippen LogP contribution in [0.15, 0.2) is 82.3 Å². The number of aromatic nitrogens is 2. The van der Waals surface area contributed by atoms with Crippen molar-refractivity contribution < 1.29 is 9.26 Å². The average Bonchev–Trinajstić information content (AvgIpc) is 3.55. The molecule has 1 aliphatic rings. The average molecular weight is 489 g/mol. The molecular formula is C26H24N4O2S2. The first-order chi connectivity index (χ1) is 16.6. The fourth-order valence-corrected chi connectivity index (χ4v) is 5.00. The van der Waals surface area contributed by atoms with Crippen LogP contribution < -0.4 is 10.1 Å². The fraction of sp³-hybridized carbons (Fsp3) is 0.192. The highest BCUT2D eigenvalue weighted by Gasteiger charge is 2.34. The van der Waals surface area contributed by atoms with Gasteiger partial charge in [0.05, 0.1) is 23.1 Å². The number of rotatable bonds is 7. The molecule has 2 aromatic heterocycles. The van der Waals surface area contributed by atoms with Crippen molar-refractivity contribution in [3.05, 3.63) is 94.8 Å². The van der Waals surface area contributed by atoms with Crippen molar-refractivity contribution in [1.29, 1.82) is 0 Å². The third-order valence-corrected chi connectivity index (χ3v) is 6.91. The molecule has 0 spiro atoms. The zero-order valence-electron chi connectivity index (χ0n) is 18.9. The first kappa shape index (κ1) is 22.3. The van der Waals surface area contributed by atoms with Crippen molar-refractivity contribution in [3.63, 3.8) is 0 Å². The Balaban J connectivity index is 1.57. The number of benzene rings is 2. The van der Waals surface area contributed by atoms with Crippen molar-refractivity contribution in [3.8, 4) is 16.5 Å². The predicted octanol–water partition coefficient (Wildman–Crippen LogP) is 6.06. The SMILES string of the molecule is CCOc1ccc(C2NC(=S)N(Cc3ccccc3)C(C)=C2c2nc(-c3cccs3)no2)cc1. The molecule has 0 fully saturated rings.